The maximum Gasteiger partial charge on any atom is 0.407 e. The number of likely N-dealkylation sites (tertiary alicyclic amines) is 1. The summed E-state index contributed by atoms with van der Waals surface area (Å²) < 4.78 is 10.7. The van der Waals surface area contributed by atoms with Gasteiger partial charge in [0.05, 0.1) is 13.0 Å². The Kier molecular flexibility index (Phi) is 7.47. The molecule has 1 heterocycles. The molecule has 1 aliphatic carbocycles. The lowest BCUT2D eigenvalue weighted by Gasteiger charge is -2.37. The molecule has 1 saturated heterocycles. The van der Waals surface area contributed by atoms with Crippen molar-refractivity contribution >= 4 is 18.0 Å². The third kappa shape index (κ3) is 5.07. The molecule has 2 atom stereocenters. The topological polar surface area (TPSA) is 105 Å². The minimum absolute atomic E-state index is 0.0285. The molecule has 180 valence electrons. The highest BCUT2D eigenvalue weighted by Gasteiger charge is 2.34. The normalized spacial score (nSPS) is 18.0. The van der Waals surface area contributed by atoms with Gasteiger partial charge in [-0.05, 0) is 41.5 Å². The van der Waals surface area contributed by atoms with Gasteiger partial charge in [-0.15, -0.1) is 0 Å². The van der Waals surface area contributed by atoms with Crippen molar-refractivity contribution in [2.24, 2.45) is 0 Å². The molecular formula is C26H30N2O6. The number of piperidine rings is 1. The van der Waals surface area contributed by atoms with E-state index in [9.17, 15) is 19.5 Å². The van der Waals surface area contributed by atoms with Gasteiger partial charge in [0.1, 0.15) is 12.6 Å². The smallest absolute Gasteiger partial charge is 0.407 e. The summed E-state index contributed by atoms with van der Waals surface area (Å²) >= 11 is 0. The van der Waals surface area contributed by atoms with E-state index < -0.39 is 18.1 Å². The fourth-order valence-corrected chi connectivity index (χ4v) is 5.03. The highest BCUT2D eigenvalue weighted by atomic mass is 16.5. The van der Waals surface area contributed by atoms with Crippen molar-refractivity contribution < 1.29 is 29.0 Å². The fraction of sp³-hybridized carbons (Fsp3) is 0.423. The molecule has 1 aliphatic heterocycles. The zero-order valence-corrected chi connectivity index (χ0v) is 19.2. The summed E-state index contributed by atoms with van der Waals surface area (Å²) in [6.07, 6.45) is 1.48. The molecule has 4 rings (SSSR count). The van der Waals surface area contributed by atoms with Gasteiger partial charge in [0.15, 0.2) is 0 Å². The van der Waals surface area contributed by atoms with E-state index in [0.717, 1.165) is 35.1 Å². The zero-order valence-electron chi connectivity index (χ0n) is 19.2. The third-order valence-electron chi connectivity index (χ3n) is 6.59. The number of amides is 2. The van der Waals surface area contributed by atoms with Gasteiger partial charge in [0.2, 0.25) is 5.91 Å². The summed E-state index contributed by atoms with van der Waals surface area (Å²) in [6.45, 7) is 0.571. The van der Waals surface area contributed by atoms with Gasteiger partial charge in [-0.1, -0.05) is 48.5 Å². The molecule has 8 heteroatoms. The second-order valence-electron chi connectivity index (χ2n) is 8.76. The van der Waals surface area contributed by atoms with Crippen molar-refractivity contribution in [2.75, 3.05) is 26.9 Å². The average molecular weight is 467 g/mol. The van der Waals surface area contributed by atoms with Crippen molar-refractivity contribution in [3.63, 3.8) is 0 Å². The van der Waals surface area contributed by atoms with E-state index in [1.807, 2.05) is 36.4 Å². The number of carboxylic acids is 1. The SMILES string of the molecule is COC[C@H](NC(=O)OCC1c2ccccc2-c2ccccc21)C(=O)N1CCCC[C@H]1CC(=O)O. The number of nitrogens with zero attached hydrogens (tertiary/aromatic N) is 1. The number of aliphatic carboxylic acids is 1. The van der Waals surface area contributed by atoms with Crippen LogP contribution in [0.3, 0.4) is 0 Å². The number of carboxylic acid groups (broad SMARTS) is 1. The van der Waals surface area contributed by atoms with Crippen molar-refractivity contribution in [1.82, 2.24) is 10.2 Å². The number of alkyl carbamates (subject to hydrolysis) is 1. The van der Waals surface area contributed by atoms with E-state index in [1.54, 1.807) is 4.90 Å². The Hall–Kier alpha value is -3.39. The fourth-order valence-electron chi connectivity index (χ4n) is 5.03. The lowest BCUT2D eigenvalue weighted by atomic mass is 9.98. The van der Waals surface area contributed by atoms with Gasteiger partial charge in [0.25, 0.3) is 0 Å². The summed E-state index contributed by atoms with van der Waals surface area (Å²) in [5, 5.41) is 11.8. The predicted molar refractivity (Wildman–Crippen MR) is 125 cm³/mol. The molecule has 2 aromatic carbocycles. The lowest BCUT2D eigenvalue weighted by Crippen LogP contribution is -2.55. The highest BCUT2D eigenvalue weighted by Crippen LogP contribution is 2.44. The number of hydrogen-bond donors (Lipinski definition) is 2. The maximum atomic E-state index is 13.2. The largest absolute Gasteiger partial charge is 0.481 e. The summed E-state index contributed by atoms with van der Waals surface area (Å²) in [5.41, 5.74) is 4.47. The van der Waals surface area contributed by atoms with Crippen molar-refractivity contribution in [3.05, 3.63) is 59.7 Å². The maximum absolute atomic E-state index is 13.2. The van der Waals surface area contributed by atoms with E-state index in [-0.39, 0.29) is 37.5 Å². The summed E-state index contributed by atoms with van der Waals surface area (Å²) in [5.74, 6) is -1.38. The molecule has 34 heavy (non-hydrogen) atoms. The summed E-state index contributed by atoms with van der Waals surface area (Å²) in [6, 6.07) is 14.8. The van der Waals surface area contributed by atoms with Crippen LogP contribution in [-0.4, -0.2) is 66.9 Å². The number of benzene rings is 2. The van der Waals surface area contributed by atoms with Crippen LogP contribution >= 0.6 is 0 Å². The van der Waals surface area contributed by atoms with Crippen molar-refractivity contribution in [3.8, 4) is 11.1 Å². The minimum atomic E-state index is -0.949. The Morgan fingerprint density at radius 2 is 1.71 bits per heavy atom. The summed E-state index contributed by atoms with van der Waals surface area (Å²) in [7, 11) is 1.45. The quantitative estimate of drug-likeness (QED) is 0.618. The van der Waals surface area contributed by atoms with Gasteiger partial charge in [-0.3, -0.25) is 9.59 Å². The van der Waals surface area contributed by atoms with Gasteiger partial charge in [-0.2, -0.15) is 0 Å². The first-order valence-corrected chi connectivity index (χ1v) is 11.6. The molecule has 0 unspecified atom stereocenters. The van der Waals surface area contributed by atoms with Gasteiger partial charge < -0.3 is 24.8 Å². The van der Waals surface area contributed by atoms with Crippen LogP contribution in [0.15, 0.2) is 48.5 Å². The molecule has 2 aromatic rings. The first-order valence-electron chi connectivity index (χ1n) is 11.6. The van der Waals surface area contributed by atoms with Crippen LogP contribution in [0.2, 0.25) is 0 Å². The molecule has 2 amide bonds. The number of carbonyl (C=O) groups is 3. The molecule has 2 aliphatic rings. The van der Waals surface area contributed by atoms with Gasteiger partial charge in [-0.25, -0.2) is 4.79 Å². The Labute approximate surface area is 198 Å². The van der Waals surface area contributed by atoms with Crippen LogP contribution in [0.25, 0.3) is 11.1 Å². The second kappa shape index (κ2) is 10.7. The molecule has 0 saturated carbocycles. The summed E-state index contributed by atoms with van der Waals surface area (Å²) in [4.78, 5) is 38.7. The number of hydrogen-bond acceptors (Lipinski definition) is 5. The molecule has 8 nitrogen and oxygen atoms in total. The minimum Gasteiger partial charge on any atom is -0.481 e. The van der Waals surface area contributed by atoms with Gasteiger partial charge in [0, 0.05) is 25.6 Å². The molecule has 0 radical (unpaired) electrons. The van der Waals surface area contributed by atoms with Crippen LogP contribution in [-0.2, 0) is 19.1 Å². The first-order chi connectivity index (χ1) is 16.5. The molecule has 0 aromatic heterocycles. The average Bonchev–Trinajstić information content (AvgIpc) is 3.16. The molecule has 1 fully saturated rings. The number of carbonyl (C=O) groups excluding carboxylic acids is 2. The predicted octanol–water partition coefficient (Wildman–Crippen LogP) is 3.40. The number of rotatable bonds is 8. The monoisotopic (exact) mass is 466 g/mol. The van der Waals surface area contributed by atoms with E-state index in [2.05, 4.69) is 17.4 Å². The van der Waals surface area contributed by atoms with Crippen molar-refractivity contribution in [1.29, 1.82) is 0 Å². The van der Waals surface area contributed by atoms with E-state index in [0.29, 0.717) is 13.0 Å². The zero-order chi connectivity index (χ0) is 24.1. The van der Waals surface area contributed by atoms with Crippen LogP contribution in [0.5, 0.6) is 0 Å². The number of methoxy groups -OCH3 is 1. The number of fused-ring (bicyclic) bond motifs is 3. The third-order valence-corrected chi connectivity index (χ3v) is 6.59. The lowest BCUT2D eigenvalue weighted by molar-refractivity contribution is -0.143. The second-order valence-corrected chi connectivity index (χ2v) is 8.76. The molecule has 2 N–H and O–H groups in total. The van der Waals surface area contributed by atoms with Crippen LogP contribution in [0.1, 0.15) is 42.7 Å². The highest BCUT2D eigenvalue weighted by molar-refractivity contribution is 5.86. The van der Waals surface area contributed by atoms with Crippen LogP contribution in [0, 0.1) is 0 Å². The van der Waals surface area contributed by atoms with Crippen LogP contribution < -0.4 is 5.32 Å². The molecular weight excluding hydrogens is 436 g/mol. The van der Waals surface area contributed by atoms with Crippen molar-refractivity contribution in [2.45, 2.75) is 43.7 Å². The van der Waals surface area contributed by atoms with Crippen LogP contribution in [0.4, 0.5) is 4.79 Å². The van der Waals surface area contributed by atoms with E-state index >= 15 is 0 Å². The Morgan fingerprint density at radius 3 is 2.32 bits per heavy atom. The van der Waals surface area contributed by atoms with E-state index in [1.165, 1.54) is 7.11 Å². The Balaban J connectivity index is 1.42. The van der Waals surface area contributed by atoms with Gasteiger partial charge >= 0.3 is 12.1 Å². The molecule has 0 bridgehead atoms. The number of ether oxygens (including phenoxy) is 2. The standard InChI is InChI=1S/C26H30N2O6/c1-33-16-23(25(31)28-13-7-6-8-17(28)14-24(29)30)27-26(32)34-15-22-20-11-4-2-9-18(20)19-10-3-5-12-21(19)22/h2-5,9-12,17,22-23H,6-8,13-16H2,1H3,(H,27,32)(H,29,30)/t17-,23-/m0/s1. The Morgan fingerprint density at radius 1 is 1.06 bits per heavy atom. The number of nitrogens with one attached hydrogen (secondary N) is 1. The first kappa shape index (κ1) is 23.8. The van der Waals surface area contributed by atoms with E-state index in [4.69, 9.17) is 9.47 Å². The molecule has 0 spiro atoms. The Bertz CT molecular complexity index is 1010.